The van der Waals surface area contributed by atoms with Gasteiger partial charge in [-0.3, -0.25) is 14.9 Å². The monoisotopic (exact) mass is 231 g/mol. The van der Waals surface area contributed by atoms with Crippen LogP contribution in [0.25, 0.3) is 0 Å². The van der Waals surface area contributed by atoms with Gasteiger partial charge in [-0.25, -0.2) is 4.79 Å². The van der Waals surface area contributed by atoms with Gasteiger partial charge in [-0.1, -0.05) is 12.0 Å². The number of urea groups is 1. The molecule has 3 amide bonds. The Kier molecular flexibility index (Phi) is 3.78. The van der Waals surface area contributed by atoms with Gasteiger partial charge >= 0.3 is 12.0 Å². The Balaban J connectivity index is 2.65. The van der Waals surface area contributed by atoms with Crippen molar-refractivity contribution in [2.45, 2.75) is 24.0 Å². The van der Waals surface area contributed by atoms with Crippen LogP contribution in [0.15, 0.2) is 10.2 Å². The Morgan fingerprint density at radius 3 is 2.80 bits per heavy atom. The number of rotatable bonds is 4. The summed E-state index contributed by atoms with van der Waals surface area (Å²) in [4.78, 5) is 32.5. The zero-order chi connectivity index (χ0) is 11.4. The van der Waals surface area contributed by atoms with Crippen LogP contribution in [0.4, 0.5) is 4.79 Å². The van der Waals surface area contributed by atoms with Crippen LogP contribution in [0.5, 0.6) is 0 Å². The number of carbonyl (C=O) groups excluding carboxylic acids is 2. The minimum atomic E-state index is -1.01. The lowest BCUT2D eigenvalue weighted by Crippen LogP contribution is -2.39. The molecule has 1 aliphatic heterocycles. The predicted molar refractivity (Wildman–Crippen MR) is 51.5 cm³/mol. The Hall–Kier alpha value is -1.44. The van der Waals surface area contributed by atoms with Gasteiger partial charge in [-0.2, -0.15) is 5.11 Å². The summed E-state index contributed by atoms with van der Waals surface area (Å²) in [7, 11) is 0. The molecule has 2 N–H and O–H groups in total. The van der Waals surface area contributed by atoms with Crippen LogP contribution >= 0.6 is 11.8 Å². The number of carboxylic acids is 1. The highest BCUT2D eigenvalue weighted by molar-refractivity contribution is 8.01. The number of carbonyl (C=O) groups is 3. The minimum Gasteiger partial charge on any atom is -0.480 e. The van der Waals surface area contributed by atoms with Crippen molar-refractivity contribution in [1.29, 1.82) is 0 Å². The summed E-state index contributed by atoms with van der Waals surface area (Å²) in [5.74, 6) is -1.64. The SMILES string of the molecule is CCC(SC1N=NC(=O)NC1=O)C(=O)O. The van der Waals surface area contributed by atoms with Gasteiger partial charge in [0.15, 0.2) is 5.37 Å². The van der Waals surface area contributed by atoms with E-state index < -0.39 is 28.5 Å². The van der Waals surface area contributed by atoms with E-state index in [-0.39, 0.29) is 0 Å². The number of thioether (sulfide) groups is 1. The zero-order valence-corrected chi connectivity index (χ0v) is 8.65. The quantitative estimate of drug-likeness (QED) is 0.736. The number of nitrogens with zero attached hydrogens (tertiary/aromatic N) is 2. The van der Waals surface area contributed by atoms with Crippen molar-refractivity contribution >= 4 is 29.7 Å². The molecular formula is C7H9N3O4S. The van der Waals surface area contributed by atoms with Gasteiger partial charge in [-0.15, -0.1) is 11.8 Å². The molecule has 7 nitrogen and oxygen atoms in total. The summed E-state index contributed by atoms with van der Waals surface area (Å²) in [6.07, 6.45) is 0.368. The molecule has 8 heteroatoms. The van der Waals surface area contributed by atoms with Gasteiger partial charge in [0.25, 0.3) is 5.91 Å². The largest absolute Gasteiger partial charge is 0.480 e. The van der Waals surface area contributed by atoms with E-state index in [0.717, 1.165) is 11.8 Å². The van der Waals surface area contributed by atoms with E-state index in [1.807, 2.05) is 5.32 Å². The van der Waals surface area contributed by atoms with Crippen molar-refractivity contribution in [3.05, 3.63) is 0 Å². The number of hydrogen-bond donors (Lipinski definition) is 2. The Bertz CT molecular complexity index is 330. The van der Waals surface area contributed by atoms with E-state index in [0.29, 0.717) is 6.42 Å². The Labute approximate surface area is 89.3 Å². The van der Waals surface area contributed by atoms with E-state index in [9.17, 15) is 14.4 Å². The molecule has 0 radical (unpaired) electrons. The smallest absolute Gasteiger partial charge is 0.366 e. The second-order valence-corrected chi connectivity index (χ2v) is 4.02. The number of carboxylic acid groups (broad SMARTS) is 1. The van der Waals surface area contributed by atoms with Crippen molar-refractivity contribution < 1.29 is 19.5 Å². The first kappa shape index (κ1) is 11.6. The summed E-state index contributed by atoms with van der Waals surface area (Å²) in [5, 5.41) is 15.6. The number of imide groups is 1. The van der Waals surface area contributed by atoms with E-state index in [1.54, 1.807) is 6.92 Å². The summed E-state index contributed by atoms with van der Waals surface area (Å²) in [6, 6.07) is -0.819. The van der Waals surface area contributed by atoms with E-state index in [2.05, 4.69) is 10.2 Å². The van der Waals surface area contributed by atoms with Crippen LogP contribution in [-0.4, -0.2) is 33.6 Å². The molecule has 1 heterocycles. The van der Waals surface area contributed by atoms with Gasteiger partial charge in [0.05, 0.1) is 0 Å². The first-order valence-electron chi connectivity index (χ1n) is 4.18. The predicted octanol–water partition coefficient (Wildman–Crippen LogP) is 0.611. The molecule has 0 saturated carbocycles. The fraction of sp³-hybridized carbons (Fsp3) is 0.571. The highest BCUT2D eigenvalue weighted by atomic mass is 32.2. The number of amides is 3. The number of aliphatic carboxylic acids is 1. The first-order valence-corrected chi connectivity index (χ1v) is 5.12. The van der Waals surface area contributed by atoms with E-state index in [1.165, 1.54) is 0 Å². The third-order valence-corrected chi connectivity index (χ3v) is 3.08. The topological polar surface area (TPSA) is 108 Å². The maximum absolute atomic E-state index is 11.2. The van der Waals surface area contributed by atoms with Crippen LogP contribution < -0.4 is 5.32 Å². The van der Waals surface area contributed by atoms with Crippen molar-refractivity contribution in [3.8, 4) is 0 Å². The molecule has 0 bridgehead atoms. The summed E-state index contributed by atoms with van der Waals surface area (Å²) in [5.41, 5.74) is 0. The second kappa shape index (κ2) is 4.87. The highest BCUT2D eigenvalue weighted by Crippen LogP contribution is 2.23. The lowest BCUT2D eigenvalue weighted by molar-refractivity contribution is -0.136. The summed E-state index contributed by atoms with van der Waals surface area (Å²) >= 11 is 0.860. The van der Waals surface area contributed by atoms with E-state index in [4.69, 9.17) is 5.11 Å². The standard InChI is InChI=1S/C7H9N3O4S/c1-2-3(6(12)13)15-5-4(11)8-7(14)10-9-5/h3,5H,2H2,1H3,(H,12,13)(H,8,11,14). The van der Waals surface area contributed by atoms with Gasteiger partial charge < -0.3 is 5.11 Å². The molecule has 2 unspecified atom stereocenters. The van der Waals surface area contributed by atoms with Crippen molar-refractivity contribution in [2.75, 3.05) is 0 Å². The lowest BCUT2D eigenvalue weighted by Gasteiger charge is -2.16. The van der Waals surface area contributed by atoms with Crippen LogP contribution in [0.3, 0.4) is 0 Å². The molecule has 1 rings (SSSR count). The third-order valence-electron chi connectivity index (χ3n) is 1.65. The first-order chi connectivity index (χ1) is 7.04. The van der Waals surface area contributed by atoms with Gasteiger partial charge in [-0.05, 0) is 6.42 Å². The molecule has 15 heavy (non-hydrogen) atoms. The average Bonchev–Trinajstić information content (AvgIpc) is 2.16. The molecule has 0 aromatic carbocycles. The molecule has 0 fully saturated rings. The van der Waals surface area contributed by atoms with Crippen LogP contribution in [0.2, 0.25) is 0 Å². The van der Waals surface area contributed by atoms with Crippen LogP contribution in [0.1, 0.15) is 13.3 Å². The van der Waals surface area contributed by atoms with Crippen LogP contribution in [-0.2, 0) is 9.59 Å². The lowest BCUT2D eigenvalue weighted by atomic mass is 10.3. The van der Waals surface area contributed by atoms with Gasteiger partial charge in [0, 0.05) is 0 Å². The fourth-order valence-electron chi connectivity index (χ4n) is 0.923. The Morgan fingerprint density at radius 1 is 1.67 bits per heavy atom. The summed E-state index contributed by atoms with van der Waals surface area (Å²) < 4.78 is 0. The maximum Gasteiger partial charge on any atom is 0.366 e. The van der Waals surface area contributed by atoms with Gasteiger partial charge in [0.1, 0.15) is 5.25 Å². The molecule has 0 aromatic heterocycles. The van der Waals surface area contributed by atoms with Crippen molar-refractivity contribution in [2.24, 2.45) is 10.2 Å². The third kappa shape index (κ3) is 3.01. The number of nitrogens with one attached hydrogen (secondary N) is 1. The normalized spacial score (nSPS) is 22.3. The van der Waals surface area contributed by atoms with Crippen molar-refractivity contribution in [3.63, 3.8) is 0 Å². The molecule has 0 saturated heterocycles. The van der Waals surface area contributed by atoms with Crippen LogP contribution in [0, 0.1) is 0 Å². The molecule has 82 valence electrons. The second-order valence-electron chi connectivity index (χ2n) is 2.73. The molecule has 0 aromatic rings. The molecule has 0 spiro atoms. The van der Waals surface area contributed by atoms with Crippen molar-refractivity contribution in [1.82, 2.24) is 5.32 Å². The molecular weight excluding hydrogens is 222 g/mol. The molecule has 2 atom stereocenters. The minimum absolute atomic E-state index is 0.368. The van der Waals surface area contributed by atoms with E-state index >= 15 is 0 Å². The van der Waals surface area contributed by atoms with Gasteiger partial charge in [0.2, 0.25) is 0 Å². The number of hydrogen-bond acceptors (Lipinski definition) is 5. The average molecular weight is 231 g/mol. The molecule has 1 aliphatic rings. The summed E-state index contributed by atoms with van der Waals surface area (Å²) in [6.45, 7) is 1.69. The Morgan fingerprint density at radius 2 is 2.33 bits per heavy atom. The fourth-order valence-corrected chi connectivity index (χ4v) is 1.83. The highest BCUT2D eigenvalue weighted by Gasteiger charge is 2.30. The number of azo groups is 1. The molecule has 0 aliphatic carbocycles. The zero-order valence-electron chi connectivity index (χ0n) is 7.84. The maximum atomic E-state index is 11.2.